The van der Waals surface area contributed by atoms with Crippen LogP contribution in [-0.2, 0) is 16.1 Å². The number of carboxylic acid groups (broad SMARTS) is 1. The summed E-state index contributed by atoms with van der Waals surface area (Å²) in [5.41, 5.74) is -0.550. The molecule has 0 aliphatic heterocycles. The fraction of sp³-hybridized carbons (Fsp3) is 0.400. The van der Waals surface area contributed by atoms with Gasteiger partial charge in [-0.1, -0.05) is 6.92 Å². The largest absolute Gasteiger partial charge is 0.480 e. The second-order valence-electron chi connectivity index (χ2n) is 3.40. The summed E-state index contributed by atoms with van der Waals surface area (Å²) >= 11 is 0. The highest BCUT2D eigenvalue weighted by atomic mass is 16.4. The van der Waals surface area contributed by atoms with Gasteiger partial charge in [-0.2, -0.15) is 0 Å². The molecule has 0 aliphatic rings. The van der Waals surface area contributed by atoms with Crippen molar-refractivity contribution < 1.29 is 14.7 Å². The van der Waals surface area contributed by atoms with Crippen molar-refractivity contribution in [1.82, 2.24) is 14.9 Å². The Hall–Kier alpha value is -2.18. The maximum Gasteiger partial charge on any atom is 0.347 e. The molecular formula is C10H13N3O4. The quantitative estimate of drug-likeness (QED) is 0.702. The second kappa shape index (κ2) is 5.78. The van der Waals surface area contributed by atoms with Gasteiger partial charge in [-0.15, -0.1) is 0 Å². The van der Waals surface area contributed by atoms with Gasteiger partial charge in [0.1, 0.15) is 12.6 Å². The van der Waals surface area contributed by atoms with Crippen molar-refractivity contribution in [1.29, 1.82) is 0 Å². The van der Waals surface area contributed by atoms with Gasteiger partial charge in [0.05, 0.1) is 0 Å². The van der Waals surface area contributed by atoms with Crippen LogP contribution in [0.1, 0.15) is 13.3 Å². The lowest BCUT2D eigenvalue weighted by molar-refractivity contribution is -0.142. The predicted molar refractivity (Wildman–Crippen MR) is 58.4 cm³/mol. The van der Waals surface area contributed by atoms with E-state index in [1.54, 1.807) is 6.92 Å². The lowest BCUT2D eigenvalue weighted by Gasteiger charge is -2.12. The van der Waals surface area contributed by atoms with E-state index in [1.807, 2.05) is 0 Å². The first kappa shape index (κ1) is 12.9. The molecule has 0 saturated heterocycles. The van der Waals surface area contributed by atoms with Crippen LogP contribution >= 0.6 is 0 Å². The molecule has 1 unspecified atom stereocenters. The van der Waals surface area contributed by atoms with E-state index in [4.69, 9.17) is 5.11 Å². The third kappa shape index (κ3) is 3.71. The van der Waals surface area contributed by atoms with Crippen molar-refractivity contribution in [2.45, 2.75) is 25.9 Å². The number of carbonyl (C=O) groups excluding carboxylic acids is 1. The molecule has 0 aliphatic carbocycles. The van der Waals surface area contributed by atoms with Gasteiger partial charge < -0.3 is 10.4 Å². The lowest BCUT2D eigenvalue weighted by Crippen LogP contribution is -2.43. The van der Waals surface area contributed by atoms with E-state index in [0.717, 1.165) is 4.57 Å². The van der Waals surface area contributed by atoms with Crippen LogP contribution in [-0.4, -0.2) is 32.6 Å². The molecule has 1 heterocycles. The molecule has 1 atom stereocenters. The highest BCUT2D eigenvalue weighted by Gasteiger charge is 2.17. The van der Waals surface area contributed by atoms with Gasteiger partial charge in [-0.05, 0) is 12.5 Å². The topological polar surface area (TPSA) is 101 Å². The smallest absolute Gasteiger partial charge is 0.347 e. The highest BCUT2D eigenvalue weighted by Crippen LogP contribution is 1.91. The summed E-state index contributed by atoms with van der Waals surface area (Å²) < 4.78 is 1.10. The van der Waals surface area contributed by atoms with E-state index in [9.17, 15) is 14.4 Å². The molecule has 0 spiro atoms. The highest BCUT2D eigenvalue weighted by molar-refractivity contribution is 5.83. The summed E-state index contributed by atoms with van der Waals surface area (Å²) in [5.74, 6) is -1.63. The molecule has 0 aromatic carbocycles. The summed E-state index contributed by atoms with van der Waals surface area (Å²) in [6.07, 6.45) is 3.02. The van der Waals surface area contributed by atoms with Crippen molar-refractivity contribution in [3.63, 3.8) is 0 Å². The summed E-state index contributed by atoms with van der Waals surface area (Å²) in [5, 5.41) is 11.1. The first-order valence-electron chi connectivity index (χ1n) is 5.08. The maximum absolute atomic E-state index is 11.5. The molecule has 1 aromatic heterocycles. The van der Waals surface area contributed by atoms with Crippen LogP contribution in [0.25, 0.3) is 0 Å². The summed E-state index contributed by atoms with van der Waals surface area (Å²) in [7, 11) is 0. The van der Waals surface area contributed by atoms with Crippen molar-refractivity contribution in [3.05, 3.63) is 28.9 Å². The number of nitrogens with zero attached hydrogens (tertiary/aromatic N) is 2. The number of nitrogens with one attached hydrogen (secondary N) is 1. The van der Waals surface area contributed by atoms with Crippen LogP contribution in [0, 0.1) is 0 Å². The Bertz CT molecular complexity index is 469. The van der Waals surface area contributed by atoms with E-state index in [0.29, 0.717) is 0 Å². The van der Waals surface area contributed by atoms with E-state index in [-0.39, 0.29) is 13.0 Å². The maximum atomic E-state index is 11.5. The lowest BCUT2D eigenvalue weighted by atomic mass is 10.2. The third-order valence-corrected chi connectivity index (χ3v) is 2.14. The molecular weight excluding hydrogens is 226 g/mol. The Morgan fingerprint density at radius 2 is 2.29 bits per heavy atom. The van der Waals surface area contributed by atoms with Gasteiger partial charge in [-0.25, -0.2) is 14.6 Å². The van der Waals surface area contributed by atoms with Crippen molar-refractivity contribution in [3.8, 4) is 0 Å². The molecule has 0 bridgehead atoms. The van der Waals surface area contributed by atoms with Gasteiger partial charge >= 0.3 is 11.7 Å². The zero-order chi connectivity index (χ0) is 12.8. The predicted octanol–water partition coefficient (Wildman–Crippen LogP) is -0.777. The van der Waals surface area contributed by atoms with Gasteiger partial charge in [0, 0.05) is 12.4 Å². The minimum atomic E-state index is -1.10. The molecule has 92 valence electrons. The number of rotatable bonds is 5. The van der Waals surface area contributed by atoms with Crippen molar-refractivity contribution in [2.24, 2.45) is 0 Å². The van der Waals surface area contributed by atoms with E-state index in [1.165, 1.54) is 18.5 Å². The Morgan fingerprint density at radius 3 is 2.82 bits per heavy atom. The number of hydrogen-bond donors (Lipinski definition) is 2. The van der Waals surface area contributed by atoms with Crippen molar-refractivity contribution in [2.75, 3.05) is 0 Å². The molecule has 7 nitrogen and oxygen atoms in total. The summed E-state index contributed by atoms with van der Waals surface area (Å²) in [6.45, 7) is 1.41. The first-order chi connectivity index (χ1) is 8.04. The third-order valence-electron chi connectivity index (χ3n) is 2.14. The van der Waals surface area contributed by atoms with Gasteiger partial charge in [0.25, 0.3) is 0 Å². The standard InChI is InChI=1S/C10H13N3O4/c1-2-7(9(15)16)12-8(14)6-13-5-3-4-11-10(13)17/h3-5,7H,2,6H2,1H3,(H,12,14)(H,15,16). The van der Waals surface area contributed by atoms with Crippen molar-refractivity contribution >= 4 is 11.9 Å². The van der Waals surface area contributed by atoms with Crippen LogP contribution < -0.4 is 11.0 Å². The Balaban J connectivity index is 2.65. The zero-order valence-corrected chi connectivity index (χ0v) is 9.29. The first-order valence-corrected chi connectivity index (χ1v) is 5.08. The number of hydrogen-bond acceptors (Lipinski definition) is 4. The van der Waals surface area contributed by atoms with Crippen LogP contribution in [0.3, 0.4) is 0 Å². The van der Waals surface area contributed by atoms with Crippen LogP contribution in [0.15, 0.2) is 23.3 Å². The number of aromatic nitrogens is 2. The number of amides is 1. The van der Waals surface area contributed by atoms with E-state index < -0.39 is 23.6 Å². The monoisotopic (exact) mass is 239 g/mol. The molecule has 2 N–H and O–H groups in total. The van der Waals surface area contributed by atoms with E-state index in [2.05, 4.69) is 10.3 Å². The van der Waals surface area contributed by atoms with Gasteiger partial charge in [0.2, 0.25) is 5.91 Å². The van der Waals surface area contributed by atoms with Crippen LogP contribution in [0.2, 0.25) is 0 Å². The summed E-state index contributed by atoms with van der Waals surface area (Å²) in [6, 6.07) is 0.582. The Labute approximate surface area is 97.1 Å². The fourth-order valence-electron chi connectivity index (χ4n) is 1.24. The number of carbonyl (C=O) groups is 2. The molecule has 1 rings (SSSR count). The molecule has 1 aromatic rings. The number of carboxylic acids is 1. The van der Waals surface area contributed by atoms with Gasteiger partial charge in [-0.3, -0.25) is 9.36 Å². The van der Waals surface area contributed by atoms with Crippen LogP contribution in [0.5, 0.6) is 0 Å². The normalized spacial score (nSPS) is 11.8. The summed E-state index contributed by atoms with van der Waals surface area (Å²) in [4.78, 5) is 36.8. The molecule has 0 fully saturated rings. The molecule has 1 amide bonds. The average molecular weight is 239 g/mol. The minimum absolute atomic E-state index is 0.240. The van der Waals surface area contributed by atoms with Gasteiger partial charge in [0.15, 0.2) is 0 Å². The fourth-order valence-corrected chi connectivity index (χ4v) is 1.24. The molecule has 17 heavy (non-hydrogen) atoms. The second-order valence-corrected chi connectivity index (χ2v) is 3.40. The van der Waals surface area contributed by atoms with E-state index >= 15 is 0 Å². The SMILES string of the molecule is CCC(NC(=O)Cn1cccnc1=O)C(=O)O. The van der Waals surface area contributed by atoms with Crippen LogP contribution in [0.4, 0.5) is 0 Å². The zero-order valence-electron chi connectivity index (χ0n) is 9.29. The number of aliphatic carboxylic acids is 1. The molecule has 0 saturated carbocycles. The molecule has 0 radical (unpaired) electrons. The molecule has 7 heteroatoms. The minimum Gasteiger partial charge on any atom is -0.480 e. The average Bonchev–Trinajstić information content (AvgIpc) is 2.28. The Morgan fingerprint density at radius 1 is 1.59 bits per heavy atom. The Kier molecular flexibility index (Phi) is 4.38.